The minimum Gasteiger partial charge on any atom is -0.0808 e. The number of hydrogen-bond acceptors (Lipinski definition) is 0. The van der Waals surface area contributed by atoms with Crippen LogP contribution < -0.4 is 0 Å². The highest BCUT2D eigenvalue weighted by atomic mass is 28.3. The van der Waals surface area contributed by atoms with Gasteiger partial charge in [-0.05, 0) is 64.5 Å². The van der Waals surface area contributed by atoms with Crippen molar-refractivity contribution in [3.63, 3.8) is 0 Å². The molecule has 0 aliphatic heterocycles. The molecule has 1 aromatic carbocycles. The van der Waals surface area contributed by atoms with Crippen molar-refractivity contribution in [1.29, 1.82) is 0 Å². The van der Waals surface area contributed by atoms with E-state index < -0.39 is 8.07 Å². The van der Waals surface area contributed by atoms with E-state index in [2.05, 4.69) is 106 Å². The van der Waals surface area contributed by atoms with Crippen molar-refractivity contribution in [3.8, 4) is 0 Å². The minimum atomic E-state index is -1.56. The Morgan fingerprint density at radius 2 is 1.24 bits per heavy atom. The first-order chi connectivity index (χ1) is 14.0. The molecule has 2 saturated carbocycles. The van der Waals surface area contributed by atoms with E-state index in [1.165, 1.54) is 6.42 Å². The van der Waals surface area contributed by atoms with Gasteiger partial charge in [0.1, 0.15) is 0 Å². The summed E-state index contributed by atoms with van der Waals surface area (Å²) in [5.41, 5.74) is 3.31. The minimum absolute atomic E-state index is 0.716. The lowest BCUT2D eigenvalue weighted by Crippen LogP contribution is -2.45. The van der Waals surface area contributed by atoms with Crippen LogP contribution >= 0.6 is 0 Å². The third kappa shape index (κ3) is 3.00. The Labute approximate surface area is 178 Å². The van der Waals surface area contributed by atoms with Gasteiger partial charge < -0.3 is 0 Å². The van der Waals surface area contributed by atoms with Crippen LogP contribution in [0, 0.1) is 35.5 Å². The molecule has 152 valence electrons. The number of fused-ring (bicyclic) bond motifs is 2. The highest BCUT2D eigenvalue weighted by Gasteiger charge is 2.58. The van der Waals surface area contributed by atoms with E-state index in [-0.39, 0.29) is 0 Å². The van der Waals surface area contributed by atoms with Gasteiger partial charge in [-0.1, -0.05) is 106 Å². The Kier molecular flexibility index (Phi) is 4.85. The second-order valence-electron chi connectivity index (χ2n) is 10.8. The summed E-state index contributed by atoms with van der Waals surface area (Å²) in [6, 6.07) is 11.5. The molecule has 0 nitrogen and oxygen atoms in total. The van der Waals surface area contributed by atoms with Crippen molar-refractivity contribution < 1.29 is 0 Å². The van der Waals surface area contributed by atoms with Gasteiger partial charge in [-0.15, -0.1) is 0 Å². The summed E-state index contributed by atoms with van der Waals surface area (Å²) < 4.78 is 0. The second-order valence-corrected chi connectivity index (χ2v) is 15.8. The molecule has 5 rings (SSSR count). The fourth-order valence-corrected chi connectivity index (χ4v) is 14.6. The van der Waals surface area contributed by atoms with Crippen LogP contribution in [0.15, 0.2) is 78.9 Å². The first-order valence-electron chi connectivity index (χ1n) is 11.7. The zero-order chi connectivity index (χ0) is 20.2. The third-order valence-electron chi connectivity index (χ3n) is 9.19. The summed E-state index contributed by atoms with van der Waals surface area (Å²) in [5, 5.41) is 0. The molecule has 1 heteroatoms. The maximum absolute atomic E-state index is 2.75. The number of allylic oxidation sites excluding steroid dienone is 8. The summed E-state index contributed by atoms with van der Waals surface area (Å²) >= 11 is 0. The van der Waals surface area contributed by atoms with Gasteiger partial charge in [0.05, 0.1) is 8.07 Å². The molecule has 0 bridgehead atoms. The Bertz CT molecular complexity index is 834. The van der Waals surface area contributed by atoms with Crippen LogP contribution in [0.1, 0.15) is 31.7 Å². The number of rotatable bonds is 3. The van der Waals surface area contributed by atoms with Crippen molar-refractivity contribution in [2.45, 2.75) is 50.4 Å². The standard InChI is InChI=1S/C28H36Si/c1-19-23-15-10-11-16-24(23)20(2)27(19)29(3,4)28-25-17-9-8-14-22(25)18-26(28)21-12-6-5-7-13-21/h5-17,19-20,22-28H,18H2,1-4H3. The van der Waals surface area contributed by atoms with E-state index in [9.17, 15) is 0 Å². The molecule has 0 radical (unpaired) electrons. The van der Waals surface area contributed by atoms with Crippen molar-refractivity contribution in [2.24, 2.45) is 35.5 Å². The highest BCUT2D eigenvalue weighted by Crippen LogP contribution is 2.65. The summed E-state index contributed by atoms with van der Waals surface area (Å²) in [5.74, 6) is 5.29. The average molecular weight is 401 g/mol. The Hall–Kier alpha value is -1.60. The Balaban J connectivity index is 1.55. The average Bonchev–Trinajstić information content (AvgIpc) is 3.26. The van der Waals surface area contributed by atoms with Crippen LogP contribution in [-0.2, 0) is 0 Å². The molecule has 0 amide bonds. The van der Waals surface area contributed by atoms with Gasteiger partial charge >= 0.3 is 0 Å². The van der Waals surface area contributed by atoms with E-state index in [1.807, 2.05) is 0 Å². The van der Waals surface area contributed by atoms with Gasteiger partial charge in [-0.25, -0.2) is 0 Å². The lowest BCUT2D eigenvalue weighted by atomic mass is 9.85. The van der Waals surface area contributed by atoms with Crippen molar-refractivity contribution in [2.75, 3.05) is 0 Å². The molecule has 2 fully saturated rings. The zero-order valence-electron chi connectivity index (χ0n) is 18.4. The second kappa shape index (κ2) is 7.27. The lowest BCUT2D eigenvalue weighted by molar-refractivity contribution is 0.427. The fourth-order valence-electron chi connectivity index (χ4n) is 8.29. The van der Waals surface area contributed by atoms with E-state index in [0.717, 1.165) is 46.6 Å². The molecule has 29 heavy (non-hydrogen) atoms. The van der Waals surface area contributed by atoms with Crippen LogP contribution in [-0.4, -0.2) is 8.07 Å². The monoisotopic (exact) mass is 400 g/mol. The maximum Gasteiger partial charge on any atom is 0.0553 e. The molecule has 0 saturated heterocycles. The smallest absolute Gasteiger partial charge is 0.0553 e. The predicted molar refractivity (Wildman–Crippen MR) is 128 cm³/mol. The van der Waals surface area contributed by atoms with E-state index in [4.69, 9.17) is 0 Å². The first kappa shape index (κ1) is 19.4. The molecule has 0 N–H and O–H groups in total. The molecule has 0 heterocycles. The van der Waals surface area contributed by atoms with Gasteiger partial charge in [-0.3, -0.25) is 0 Å². The summed E-state index contributed by atoms with van der Waals surface area (Å²) in [6.45, 7) is 10.7. The molecular formula is C28H36Si. The van der Waals surface area contributed by atoms with Crippen LogP contribution in [0.2, 0.25) is 24.2 Å². The fraction of sp³-hybridized carbons (Fsp3) is 0.500. The zero-order valence-corrected chi connectivity index (χ0v) is 19.4. The van der Waals surface area contributed by atoms with Crippen LogP contribution in [0.4, 0.5) is 0 Å². The molecule has 8 unspecified atom stereocenters. The molecule has 8 atom stereocenters. The Morgan fingerprint density at radius 1 is 0.690 bits per heavy atom. The van der Waals surface area contributed by atoms with Gasteiger partial charge in [0.25, 0.3) is 0 Å². The van der Waals surface area contributed by atoms with Gasteiger partial charge in [0, 0.05) is 0 Å². The van der Waals surface area contributed by atoms with E-state index in [1.54, 1.807) is 5.56 Å². The van der Waals surface area contributed by atoms with Gasteiger partial charge in [0.15, 0.2) is 0 Å². The van der Waals surface area contributed by atoms with Crippen LogP contribution in [0.3, 0.4) is 0 Å². The third-order valence-corrected chi connectivity index (χ3v) is 14.5. The molecule has 1 aromatic rings. The highest BCUT2D eigenvalue weighted by molar-refractivity contribution is 6.80. The summed E-state index contributed by atoms with van der Waals surface area (Å²) in [4.78, 5) is 0. The van der Waals surface area contributed by atoms with E-state index >= 15 is 0 Å². The molecular weight excluding hydrogens is 364 g/mol. The molecule has 0 aromatic heterocycles. The molecule has 4 aliphatic carbocycles. The maximum atomic E-state index is 2.75. The predicted octanol–water partition coefficient (Wildman–Crippen LogP) is 7.63. The summed E-state index contributed by atoms with van der Waals surface area (Å²) in [7, 11) is -1.56. The normalized spacial score (nSPS) is 42.8. The van der Waals surface area contributed by atoms with Crippen molar-refractivity contribution >= 4 is 8.07 Å². The van der Waals surface area contributed by atoms with Crippen LogP contribution in [0.5, 0.6) is 0 Å². The number of hydrogen-bond donors (Lipinski definition) is 0. The Morgan fingerprint density at radius 3 is 1.86 bits per heavy atom. The topological polar surface area (TPSA) is 0 Å². The van der Waals surface area contributed by atoms with E-state index in [0.29, 0.717) is 5.92 Å². The van der Waals surface area contributed by atoms with Crippen LogP contribution in [0.25, 0.3) is 0 Å². The van der Waals surface area contributed by atoms with Crippen molar-refractivity contribution in [3.05, 3.63) is 84.5 Å². The van der Waals surface area contributed by atoms with Gasteiger partial charge in [0.2, 0.25) is 0 Å². The largest absolute Gasteiger partial charge is 0.0808 e. The molecule has 0 spiro atoms. The van der Waals surface area contributed by atoms with Gasteiger partial charge in [-0.2, -0.15) is 0 Å². The SMILES string of the molecule is CC1C2C=CC=CC2C(C)C1[Si](C)(C)C1C(c2ccccc2)CC2C=CC=CC21. The molecule has 4 aliphatic rings. The number of benzene rings is 1. The van der Waals surface area contributed by atoms with Crippen molar-refractivity contribution in [1.82, 2.24) is 0 Å². The quantitative estimate of drug-likeness (QED) is 0.458. The first-order valence-corrected chi connectivity index (χ1v) is 14.9. The lowest BCUT2D eigenvalue weighted by Gasteiger charge is -2.46. The summed E-state index contributed by atoms with van der Waals surface area (Å²) in [6.07, 6.45) is 20.7.